The van der Waals surface area contributed by atoms with E-state index in [0.717, 1.165) is 15.3 Å². The van der Waals surface area contributed by atoms with Crippen molar-refractivity contribution in [1.29, 1.82) is 0 Å². The van der Waals surface area contributed by atoms with E-state index < -0.39 is 6.04 Å². The Bertz CT molecular complexity index is 639. The predicted molar refractivity (Wildman–Crippen MR) is 83.2 cm³/mol. The molecule has 0 amide bonds. The van der Waals surface area contributed by atoms with Crippen LogP contribution in [0.15, 0.2) is 30.3 Å². The van der Waals surface area contributed by atoms with Crippen LogP contribution < -0.4 is 5.32 Å². The Morgan fingerprint density at radius 2 is 2.14 bits per heavy atom. The molecule has 1 aromatic carbocycles. The average molecular weight is 307 g/mol. The predicted octanol–water partition coefficient (Wildman–Crippen LogP) is 4.22. The van der Waals surface area contributed by atoms with Crippen LogP contribution in [0.25, 0.3) is 0 Å². The van der Waals surface area contributed by atoms with Gasteiger partial charge in [0, 0.05) is 15.4 Å². The van der Waals surface area contributed by atoms with Crippen LogP contribution in [-0.2, 0) is 9.53 Å². The lowest BCUT2D eigenvalue weighted by Crippen LogP contribution is -2.23. The van der Waals surface area contributed by atoms with Gasteiger partial charge in [-0.05, 0) is 50.6 Å². The number of halogens is 1. The van der Waals surface area contributed by atoms with Crippen LogP contribution in [0.4, 0.5) is 10.1 Å². The first-order chi connectivity index (χ1) is 10.0. The molecular formula is C16H18FNO2S. The minimum atomic E-state index is -0.628. The fourth-order valence-corrected chi connectivity index (χ4v) is 3.13. The summed E-state index contributed by atoms with van der Waals surface area (Å²) in [7, 11) is 0. The van der Waals surface area contributed by atoms with Gasteiger partial charge < -0.3 is 10.1 Å². The van der Waals surface area contributed by atoms with Crippen molar-refractivity contribution in [3.8, 4) is 0 Å². The molecule has 0 aliphatic heterocycles. The van der Waals surface area contributed by atoms with E-state index in [1.54, 1.807) is 30.4 Å². The summed E-state index contributed by atoms with van der Waals surface area (Å²) < 4.78 is 18.4. The average Bonchev–Trinajstić information content (AvgIpc) is 2.75. The molecule has 21 heavy (non-hydrogen) atoms. The van der Waals surface area contributed by atoms with Gasteiger partial charge in [0.1, 0.15) is 5.82 Å². The molecule has 0 saturated carbocycles. The molecule has 1 heterocycles. The minimum absolute atomic E-state index is 0.308. The third-order valence-electron chi connectivity index (χ3n) is 3.05. The summed E-state index contributed by atoms with van der Waals surface area (Å²) in [5.74, 6) is -0.705. The quantitative estimate of drug-likeness (QED) is 0.841. The molecular weight excluding hydrogens is 289 g/mol. The van der Waals surface area contributed by atoms with Gasteiger partial charge in [-0.15, -0.1) is 11.3 Å². The number of hydrogen-bond acceptors (Lipinski definition) is 4. The number of ether oxygens (including phenoxy) is 1. The zero-order valence-corrected chi connectivity index (χ0v) is 13.1. The molecule has 3 nitrogen and oxygen atoms in total. The second kappa shape index (κ2) is 6.72. The molecule has 0 radical (unpaired) electrons. The molecule has 2 aromatic rings. The highest BCUT2D eigenvalue weighted by Gasteiger charge is 2.25. The van der Waals surface area contributed by atoms with Crippen molar-refractivity contribution >= 4 is 23.0 Å². The maximum absolute atomic E-state index is 13.3. The maximum Gasteiger partial charge on any atom is 0.333 e. The normalized spacial score (nSPS) is 12.0. The minimum Gasteiger partial charge on any atom is -0.464 e. The Hall–Kier alpha value is -1.88. The van der Waals surface area contributed by atoms with Crippen molar-refractivity contribution in [3.63, 3.8) is 0 Å². The van der Waals surface area contributed by atoms with Crippen LogP contribution >= 0.6 is 11.3 Å². The van der Waals surface area contributed by atoms with Crippen molar-refractivity contribution in [1.82, 2.24) is 0 Å². The van der Waals surface area contributed by atoms with Crippen molar-refractivity contribution in [2.45, 2.75) is 26.8 Å². The first-order valence-electron chi connectivity index (χ1n) is 6.77. The van der Waals surface area contributed by atoms with Gasteiger partial charge in [-0.1, -0.05) is 6.07 Å². The number of thiophene rings is 1. The van der Waals surface area contributed by atoms with Gasteiger partial charge in [-0.3, -0.25) is 0 Å². The number of aryl methyl sites for hydroxylation is 2. The molecule has 1 atom stereocenters. The van der Waals surface area contributed by atoms with E-state index in [1.807, 2.05) is 19.9 Å². The topological polar surface area (TPSA) is 38.3 Å². The summed E-state index contributed by atoms with van der Waals surface area (Å²) >= 11 is 1.62. The third kappa shape index (κ3) is 3.82. The number of carbonyl (C=O) groups is 1. The van der Waals surface area contributed by atoms with Crippen molar-refractivity contribution in [2.24, 2.45) is 0 Å². The molecule has 1 unspecified atom stereocenters. The molecule has 0 bridgehead atoms. The summed E-state index contributed by atoms with van der Waals surface area (Å²) in [4.78, 5) is 14.4. The Morgan fingerprint density at radius 3 is 2.71 bits per heavy atom. The zero-order valence-electron chi connectivity index (χ0n) is 12.3. The zero-order chi connectivity index (χ0) is 15.4. The lowest BCUT2D eigenvalue weighted by Gasteiger charge is -2.18. The number of benzene rings is 1. The molecule has 112 valence electrons. The number of hydrogen-bond donors (Lipinski definition) is 1. The second-order valence-corrected chi connectivity index (χ2v) is 6.17. The molecule has 5 heteroatoms. The third-order valence-corrected chi connectivity index (χ3v) is 4.03. The lowest BCUT2D eigenvalue weighted by molar-refractivity contribution is -0.144. The first-order valence-corrected chi connectivity index (χ1v) is 7.58. The highest BCUT2D eigenvalue weighted by Crippen LogP contribution is 2.30. The number of anilines is 1. The summed E-state index contributed by atoms with van der Waals surface area (Å²) in [5.41, 5.74) is 1.43. The van der Waals surface area contributed by atoms with Crippen LogP contribution in [0.5, 0.6) is 0 Å². The standard InChI is InChI=1S/C16H18FNO2S/c1-4-20-16(19)15(14-8-10(2)21-11(14)3)18-13-7-5-6-12(17)9-13/h5-9,15,18H,4H2,1-3H3. The van der Waals surface area contributed by atoms with Crippen LogP contribution in [0.3, 0.4) is 0 Å². The molecule has 2 rings (SSSR count). The molecule has 0 fully saturated rings. The summed E-state index contributed by atoms with van der Waals surface area (Å²) in [5, 5.41) is 3.07. The van der Waals surface area contributed by atoms with E-state index in [2.05, 4.69) is 5.32 Å². The van der Waals surface area contributed by atoms with Crippen LogP contribution in [0, 0.1) is 19.7 Å². The Labute approximate surface area is 127 Å². The molecule has 0 saturated heterocycles. The van der Waals surface area contributed by atoms with E-state index >= 15 is 0 Å². The van der Waals surface area contributed by atoms with Gasteiger partial charge >= 0.3 is 5.97 Å². The Kier molecular flexibility index (Phi) is 4.96. The van der Waals surface area contributed by atoms with Crippen molar-refractivity contribution in [2.75, 3.05) is 11.9 Å². The van der Waals surface area contributed by atoms with Crippen molar-refractivity contribution in [3.05, 3.63) is 51.5 Å². The van der Waals surface area contributed by atoms with Crippen LogP contribution in [0.2, 0.25) is 0 Å². The Balaban J connectivity index is 2.32. The van der Waals surface area contributed by atoms with Gasteiger partial charge in [0.05, 0.1) is 6.61 Å². The number of rotatable bonds is 5. The van der Waals surface area contributed by atoms with Gasteiger partial charge in [0.25, 0.3) is 0 Å². The summed E-state index contributed by atoms with van der Waals surface area (Å²) in [6.45, 7) is 6.03. The highest BCUT2D eigenvalue weighted by atomic mass is 32.1. The summed E-state index contributed by atoms with van der Waals surface area (Å²) in [6, 6.07) is 7.39. The van der Waals surface area contributed by atoms with Gasteiger partial charge in [-0.25, -0.2) is 9.18 Å². The van der Waals surface area contributed by atoms with Crippen LogP contribution in [-0.4, -0.2) is 12.6 Å². The van der Waals surface area contributed by atoms with Gasteiger partial charge in [0.2, 0.25) is 0 Å². The smallest absolute Gasteiger partial charge is 0.333 e. The van der Waals surface area contributed by atoms with Gasteiger partial charge in [0.15, 0.2) is 6.04 Å². The number of carbonyl (C=O) groups excluding carboxylic acids is 1. The molecule has 0 spiro atoms. The number of esters is 1. The van der Waals surface area contributed by atoms with E-state index in [0.29, 0.717) is 12.3 Å². The number of nitrogens with one attached hydrogen (secondary N) is 1. The van der Waals surface area contributed by atoms with E-state index in [9.17, 15) is 9.18 Å². The van der Waals surface area contributed by atoms with E-state index in [4.69, 9.17) is 4.74 Å². The molecule has 1 N–H and O–H groups in total. The van der Waals surface area contributed by atoms with Gasteiger partial charge in [-0.2, -0.15) is 0 Å². The largest absolute Gasteiger partial charge is 0.464 e. The van der Waals surface area contributed by atoms with E-state index in [1.165, 1.54) is 12.1 Å². The fraction of sp³-hybridized carbons (Fsp3) is 0.312. The van der Waals surface area contributed by atoms with E-state index in [-0.39, 0.29) is 11.8 Å². The highest BCUT2D eigenvalue weighted by molar-refractivity contribution is 7.12. The molecule has 0 aliphatic carbocycles. The molecule has 0 aliphatic rings. The molecule has 1 aromatic heterocycles. The Morgan fingerprint density at radius 1 is 1.38 bits per heavy atom. The second-order valence-electron chi connectivity index (χ2n) is 4.71. The summed E-state index contributed by atoms with van der Waals surface area (Å²) in [6.07, 6.45) is 0. The SMILES string of the molecule is CCOC(=O)C(Nc1cccc(F)c1)c1cc(C)sc1C. The first kappa shape index (κ1) is 15.5. The monoisotopic (exact) mass is 307 g/mol. The van der Waals surface area contributed by atoms with Crippen LogP contribution in [0.1, 0.15) is 28.3 Å². The fourth-order valence-electron chi connectivity index (χ4n) is 2.17. The lowest BCUT2D eigenvalue weighted by atomic mass is 10.1. The maximum atomic E-state index is 13.3. The van der Waals surface area contributed by atoms with Crippen molar-refractivity contribution < 1.29 is 13.9 Å².